The van der Waals surface area contributed by atoms with Crippen molar-refractivity contribution in [3.8, 4) is 0 Å². The zero-order valence-electron chi connectivity index (χ0n) is 17.4. The normalized spacial score (nSPS) is 12.1. The first-order valence-electron chi connectivity index (χ1n) is 9.68. The predicted molar refractivity (Wildman–Crippen MR) is 119 cm³/mol. The van der Waals surface area contributed by atoms with Gasteiger partial charge in [-0.2, -0.15) is 0 Å². The van der Waals surface area contributed by atoms with Gasteiger partial charge in [0.05, 0.1) is 0 Å². The molecule has 160 valence electrons. The quantitative estimate of drug-likeness (QED) is 0.583. The van der Waals surface area contributed by atoms with Crippen molar-refractivity contribution in [3.63, 3.8) is 0 Å². The van der Waals surface area contributed by atoms with Crippen LogP contribution in [0.25, 0.3) is 0 Å². The van der Waals surface area contributed by atoms with Crippen LogP contribution in [0.1, 0.15) is 49.5 Å². The third kappa shape index (κ3) is 7.30. The fourth-order valence-corrected chi connectivity index (χ4v) is 3.18. The van der Waals surface area contributed by atoms with E-state index >= 15 is 0 Å². The number of halogens is 1. The molecule has 0 saturated heterocycles. The zero-order chi connectivity index (χ0) is 22.3. The Hall–Kier alpha value is -2.67. The minimum absolute atomic E-state index is 0.0389. The van der Waals surface area contributed by atoms with Crippen molar-refractivity contribution in [3.05, 3.63) is 70.2 Å². The van der Waals surface area contributed by atoms with Crippen LogP contribution >= 0.6 is 15.9 Å². The summed E-state index contributed by atoms with van der Waals surface area (Å²) in [5.74, 6) is -1.43. The standard InChI is InChI=1S/C23H27BrN2O4/c1-23(2,3)30-22(29)19(13-14-20(25)27)26(15-16-7-5-4-6-8-16)21(28)17-9-11-18(24)12-10-17/h4-12,19H,13-15H2,1-3H3,(H2,25,27)/t19-/m0/s1. The van der Waals surface area contributed by atoms with Gasteiger partial charge in [0, 0.05) is 23.0 Å². The molecule has 0 unspecified atom stereocenters. The highest BCUT2D eigenvalue weighted by molar-refractivity contribution is 9.10. The lowest BCUT2D eigenvalue weighted by atomic mass is 10.0. The molecule has 7 heteroatoms. The van der Waals surface area contributed by atoms with Gasteiger partial charge >= 0.3 is 5.97 Å². The molecule has 0 aliphatic heterocycles. The van der Waals surface area contributed by atoms with Crippen LogP contribution in [0.2, 0.25) is 0 Å². The smallest absolute Gasteiger partial charge is 0.329 e. The van der Waals surface area contributed by atoms with Gasteiger partial charge in [0.15, 0.2) is 0 Å². The number of carbonyl (C=O) groups is 3. The maximum absolute atomic E-state index is 13.4. The topological polar surface area (TPSA) is 89.7 Å². The van der Waals surface area contributed by atoms with Crippen molar-refractivity contribution < 1.29 is 19.1 Å². The van der Waals surface area contributed by atoms with Gasteiger partial charge in [0.2, 0.25) is 5.91 Å². The summed E-state index contributed by atoms with van der Waals surface area (Å²) in [6.45, 7) is 5.47. The molecule has 2 rings (SSSR count). The molecule has 2 aromatic carbocycles. The van der Waals surface area contributed by atoms with E-state index in [-0.39, 0.29) is 25.3 Å². The Morgan fingerprint density at radius 2 is 1.63 bits per heavy atom. The molecular formula is C23H27BrN2O4. The van der Waals surface area contributed by atoms with Gasteiger partial charge in [-0.3, -0.25) is 9.59 Å². The van der Waals surface area contributed by atoms with E-state index in [4.69, 9.17) is 10.5 Å². The predicted octanol–water partition coefficient (Wildman–Crippen LogP) is 4.07. The highest BCUT2D eigenvalue weighted by atomic mass is 79.9. The van der Waals surface area contributed by atoms with E-state index in [2.05, 4.69) is 15.9 Å². The van der Waals surface area contributed by atoms with Gasteiger partial charge in [0.25, 0.3) is 5.91 Å². The summed E-state index contributed by atoms with van der Waals surface area (Å²) >= 11 is 3.36. The number of hydrogen-bond acceptors (Lipinski definition) is 4. The number of nitrogens with zero attached hydrogens (tertiary/aromatic N) is 1. The van der Waals surface area contributed by atoms with Crippen molar-refractivity contribution in [1.29, 1.82) is 0 Å². The Labute approximate surface area is 185 Å². The SMILES string of the molecule is CC(C)(C)OC(=O)[C@H](CCC(N)=O)N(Cc1ccccc1)C(=O)c1ccc(Br)cc1. The number of esters is 1. The van der Waals surface area contributed by atoms with Gasteiger partial charge < -0.3 is 15.4 Å². The fourth-order valence-electron chi connectivity index (χ4n) is 2.91. The van der Waals surface area contributed by atoms with E-state index < -0.39 is 23.5 Å². The first-order chi connectivity index (χ1) is 14.1. The highest BCUT2D eigenvalue weighted by Gasteiger charge is 2.34. The summed E-state index contributed by atoms with van der Waals surface area (Å²) in [5, 5.41) is 0. The summed E-state index contributed by atoms with van der Waals surface area (Å²) in [6.07, 6.45) is 0.0438. The van der Waals surface area contributed by atoms with Gasteiger partial charge in [-0.05, 0) is 57.0 Å². The van der Waals surface area contributed by atoms with E-state index in [0.29, 0.717) is 5.56 Å². The van der Waals surface area contributed by atoms with Crippen LogP contribution in [-0.2, 0) is 20.9 Å². The van der Waals surface area contributed by atoms with Gasteiger partial charge in [0.1, 0.15) is 11.6 Å². The molecule has 0 saturated carbocycles. The molecule has 2 N–H and O–H groups in total. The molecule has 30 heavy (non-hydrogen) atoms. The minimum Gasteiger partial charge on any atom is -0.458 e. The van der Waals surface area contributed by atoms with Crippen LogP contribution < -0.4 is 5.73 Å². The molecule has 2 aromatic rings. The number of hydrogen-bond donors (Lipinski definition) is 1. The summed E-state index contributed by atoms with van der Waals surface area (Å²) < 4.78 is 6.40. The Morgan fingerprint density at radius 3 is 2.17 bits per heavy atom. The highest BCUT2D eigenvalue weighted by Crippen LogP contribution is 2.21. The molecule has 0 aromatic heterocycles. The molecule has 0 aliphatic carbocycles. The van der Waals surface area contributed by atoms with Gasteiger partial charge in [-0.15, -0.1) is 0 Å². The Kier molecular flexibility index (Phi) is 8.17. The Bertz CT molecular complexity index is 876. The second kappa shape index (κ2) is 10.4. The molecular weight excluding hydrogens is 448 g/mol. The fraction of sp³-hybridized carbons (Fsp3) is 0.348. The molecule has 6 nitrogen and oxygen atoms in total. The first kappa shape index (κ1) is 23.6. The first-order valence-corrected chi connectivity index (χ1v) is 10.5. The molecule has 0 aliphatic rings. The van der Waals surface area contributed by atoms with Crippen molar-refractivity contribution in [2.75, 3.05) is 0 Å². The third-order valence-electron chi connectivity index (χ3n) is 4.27. The average molecular weight is 475 g/mol. The maximum atomic E-state index is 13.4. The minimum atomic E-state index is -0.951. The summed E-state index contributed by atoms with van der Waals surface area (Å²) in [7, 11) is 0. The molecule has 2 amide bonds. The zero-order valence-corrected chi connectivity index (χ0v) is 19.0. The van der Waals surface area contributed by atoms with E-state index in [9.17, 15) is 14.4 Å². The summed E-state index contributed by atoms with van der Waals surface area (Å²) in [6, 6.07) is 15.3. The number of rotatable bonds is 8. The van der Waals surface area contributed by atoms with Crippen LogP contribution in [-0.4, -0.2) is 34.3 Å². The lowest BCUT2D eigenvalue weighted by molar-refractivity contribution is -0.161. The Morgan fingerprint density at radius 1 is 1.03 bits per heavy atom. The summed E-state index contributed by atoms with van der Waals surface area (Å²) in [5.41, 5.74) is 5.88. The van der Waals surface area contributed by atoms with Crippen molar-refractivity contribution in [2.45, 2.75) is 51.8 Å². The molecule has 1 atom stereocenters. The third-order valence-corrected chi connectivity index (χ3v) is 4.80. The van der Waals surface area contributed by atoms with Crippen LogP contribution in [0.4, 0.5) is 0 Å². The monoisotopic (exact) mass is 474 g/mol. The van der Waals surface area contributed by atoms with Gasteiger partial charge in [-0.1, -0.05) is 46.3 Å². The molecule has 0 heterocycles. The number of benzene rings is 2. The van der Waals surface area contributed by atoms with Crippen molar-refractivity contribution >= 4 is 33.7 Å². The van der Waals surface area contributed by atoms with Crippen LogP contribution in [0.5, 0.6) is 0 Å². The van der Waals surface area contributed by atoms with Crippen LogP contribution in [0, 0.1) is 0 Å². The van der Waals surface area contributed by atoms with Crippen LogP contribution in [0.3, 0.4) is 0 Å². The molecule has 0 bridgehead atoms. The van der Waals surface area contributed by atoms with Gasteiger partial charge in [-0.25, -0.2) is 4.79 Å². The van der Waals surface area contributed by atoms with E-state index in [1.165, 1.54) is 4.90 Å². The molecule has 0 fully saturated rings. The number of primary amides is 1. The van der Waals surface area contributed by atoms with Crippen LogP contribution in [0.15, 0.2) is 59.1 Å². The van der Waals surface area contributed by atoms with E-state index in [1.807, 2.05) is 30.3 Å². The number of amides is 2. The van der Waals surface area contributed by atoms with E-state index in [0.717, 1.165) is 10.0 Å². The van der Waals surface area contributed by atoms with Crippen molar-refractivity contribution in [2.24, 2.45) is 5.73 Å². The second-order valence-electron chi connectivity index (χ2n) is 7.98. The Balaban J connectivity index is 2.44. The largest absolute Gasteiger partial charge is 0.458 e. The molecule has 0 radical (unpaired) electrons. The lowest BCUT2D eigenvalue weighted by Gasteiger charge is -2.32. The lowest BCUT2D eigenvalue weighted by Crippen LogP contribution is -2.47. The molecule has 0 spiro atoms. The van der Waals surface area contributed by atoms with Crippen molar-refractivity contribution in [1.82, 2.24) is 4.90 Å². The summed E-state index contributed by atoms with van der Waals surface area (Å²) in [4.78, 5) is 39.3. The van der Waals surface area contributed by atoms with E-state index in [1.54, 1.807) is 45.0 Å². The maximum Gasteiger partial charge on any atom is 0.329 e. The number of nitrogens with two attached hydrogens (primary N) is 1. The average Bonchev–Trinajstić information content (AvgIpc) is 2.66. The number of carbonyl (C=O) groups excluding carboxylic acids is 3. The second-order valence-corrected chi connectivity index (χ2v) is 8.90. The number of ether oxygens (including phenoxy) is 1.